The minimum atomic E-state index is 0.0267. The normalized spacial score (nSPS) is 13.7. The highest BCUT2D eigenvalue weighted by Crippen LogP contribution is 2.28. The lowest BCUT2D eigenvalue weighted by Gasteiger charge is -2.27. The van der Waals surface area contributed by atoms with Gasteiger partial charge in [0.25, 0.3) is 0 Å². The molecule has 0 aliphatic heterocycles. The number of carbonyl (C=O) groups excluding carboxylic acids is 1. The van der Waals surface area contributed by atoms with Crippen LogP contribution < -0.4 is 0 Å². The van der Waals surface area contributed by atoms with Gasteiger partial charge in [0.1, 0.15) is 5.76 Å². The summed E-state index contributed by atoms with van der Waals surface area (Å²) in [6.07, 6.45) is 7.98. The summed E-state index contributed by atoms with van der Waals surface area (Å²) in [5, 5.41) is 10.1. The Kier molecular flexibility index (Phi) is 8.25. The quantitative estimate of drug-likeness (QED) is 0.356. The number of carbonyl (C=O) groups is 1. The first-order valence-corrected chi connectivity index (χ1v) is 12.3. The predicted octanol–water partition coefficient (Wildman–Crippen LogP) is 5.42. The van der Waals surface area contributed by atoms with Crippen molar-refractivity contribution in [3.05, 3.63) is 65.2 Å². The van der Waals surface area contributed by atoms with Crippen LogP contribution in [0.3, 0.4) is 0 Å². The van der Waals surface area contributed by atoms with Crippen molar-refractivity contribution in [3.8, 4) is 11.4 Å². The van der Waals surface area contributed by atoms with Gasteiger partial charge in [0.2, 0.25) is 5.91 Å². The first kappa shape index (κ1) is 23.6. The Labute approximate surface area is 202 Å². The number of allylic oxidation sites excluding steroid dienone is 2. The van der Waals surface area contributed by atoms with Gasteiger partial charge in [-0.2, -0.15) is 0 Å². The van der Waals surface area contributed by atoms with E-state index >= 15 is 0 Å². The molecule has 0 radical (unpaired) electrons. The van der Waals surface area contributed by atoms with E-state index in [1.807, 2.05) is 45.9 Å². The van der Waals surface area contributed by atoms with E-state index in [1.54, 1.807) is 13.4 Å². The van der Waals surface area contributed by atoms with Crippen molar-refractivity contribution in [2.75, 3.05) is 19.5 Å². The topological polar surface area (TPSA) is 73.4 Å². The summed E-state index contributed by atoms with van der Waals surface area (Å²) in [6, 6.07) is 11.2. The van der Waals surface area contributed by atoms with Gasteiger partial charge in [-0.3, -0.25) is 9.36 Å². The maximum Gasteiger partial charge on any atom is 0.237 e. The summed E-state index contributed by atoms with van der Waals surface area (Å²) in [5.74, 6) is 1.78. The summed E-state index contributed by atoms with van der Waals surface area (Å²) in [5.41, 5.74) is 1.99. The number of hydrogen-bond donors (Lipinski definition) is 0. The van der Waals surface area contributed by atoms with Gasteiger partial charge in [0.05, 0.1) is 31.7 Å². The van der Waals surface area contributed by atoms with Gasteiger partial charge in [-0.25, -0.2) is 0 Å². The van der Waals surface area contributed by atoms with Crippen molar-refractivity contribution in [2.24, 2.45) is 0 Å². The molecule has 0 saturated heterocycles. The Morgan fingerprint density at radius 2 is 2.09 bits per heavy atom. The van der Waals surface area contributed by atoms with Gasteiger partial charge < -0.3 is 14.1 Å². The van der Waals surface area contributed by atoms with Crippen LogP contribution in [0.1, 0.15) is 31.4 Å². The molecule has 33 heavy (non-hydrogen) atoms. The third kappa shape index (κ3) is 6.07. The fourth-order valence-electron chi connectivity index (χ4n) is 3.77. The molecule has 1 aliphatic rings. The Morgan fingerprint density at radius 1 is 1.24 bits per heavy atom. The van der Waals surface area contributed by atoms with Crippen LogP contribution in [0.2, 0.25) is 5.02 Å². The van der Waals surface area contributed by atoms with Crippen LogP contribution in [0.5, 0.6) is 0 Å². The van der Waals surface area contributed by atoms with Gasteiger partial charge >= 0.3 is 0 Å². The Balaban J connectivity index is 1.51. The molecule has 0 saturated carbocycles. The molecule has 1 aromatic carbocycles. The zero-order chi connectivity index (χ0) is 23.0. The average molecular weight is 487 g/mol. The highest BCUT2D eigenvalue weighted by Gasteiger charge is 2.23. The molecule has 2 heterocycles. The summed E-state index contributed by atoms with van der Waals surface area (Å²) < 4.78 is 12.8. The van der Waals surface area contributed by atoms with E-state index in [9.17, 15) is 4.79 Å². The molecule has 9 heteroatoms. The lowest BCUT2D eigenvalue weighted by Crippen LogP contribution is -2.32. The van der Waals surface area contributed by atoms with Crippen molar-refractivity contribution >= 4 is 29.3 Å². The lowest BCUT2D eigenvalue weighted by atomic mass is 10.0. The molecule has 3 aromatic rings. The van der Waals surface area contributed by atoms with Gasteiger partial charge in [-0.15, -0.1) is 10.2 Å². The van der Waals surface area contributed by atoms with Crippen molar-refractivity contribution < 1.29 is 13.9 Å². The standard InChI is InChI=1S/C24H27ClN4O3S/c1-31-15-13-28-23(18-9-11-19(25)12-10-18)26-27-24(28)33-17-22(30)29(16-21-8-5-14-32-21)20-6-3-2-4-7-20/h5-6,8-12,14H,2-4,7,13,15-17H2,1H3. The first-order valence-electron chi connectivity index (χ1n) is 11.0. The fraction of sp³-hybridized carbons (Fsp3) is 0.375. The highest BCUT2D eigenvalue weighted by atomic mass is 35.5. The number of thioether (sulfide) groups is 1. The Bertz CT molecular complexity index is 1080. The molecule has 1 aliphatic carbocycles. The van der Waals surface area contributed by atoms with E-state index in [-0.39, 0.29) is 11.7 Å². The molecule has 2 aromatic heterocycles. The molecular weight excluding hydrogens is 460 g/mol. The van der Waals surface area contributed by atoms with Crippen LogP contribution in [-0.2, 0) is 22.6 Å². The third-order valence-corrected chi connectivity index (χ3v) is 6.68. The molecule has 0 fully saturated rings. The molecule has 0 unspecified atom stereocenters. The van der Waals surface area contributed by atoms with Crippen molar-refractivity contribution in [1.82, 2.24) is 19.7 Å². The van der Waals surface area contributed by atoms with Crippen LogP contribution in [0.25, 0.3) is 11.4 Å². The van der Waals surface area contributed by atoms with Crippen LogP contribution >= 0.6 is 23.4 Å². The molecule has 0 bridgehead atoms. The third-order valence-electron chi connectivity index (χ3n) is 5.47. The highest BCUT2D eigenvalue weighted by molar-refractivity contribution is 7.99. The number of hydrogen-bond acceptors (Lipinski definition) is 6. The molecule has 4 rings (SSSR count). The summed E-state index contributed by atoms with van der Waals surface area (Å²) in [7, 11) is 1.66. The van der Waals surface area contributed by atoms with Crippen molar-refractivity contribution in [1.29, 1.82) is 0 Å². The molecule has 174 valence electrons. The summed E-state index contributed by atoms with van der Waals surface area (Å²) in [6.45, 7) is 1.53. The fourth-order valence-corrected chi connectivity index (χ4v) is 4.74. The second-order valence-corrected chi connectivity index (χ2v) is 9.13. The zero-order valence-electron chi connectivity index (χ0n) is 18.6. The number of aromatic nitrogens is 3. The van der Waals surface area contributed by atoms with E-state index in [0.29, 0.717) is 29.9 Å². The largest absolute Gasteiger partial charge is 0.467 e. The van der Waals surface area contributed by atoms with Crippen LogP contribution in [0.15, 0.2) is 64.0 Å². The van der Waals surface area contributed by atoms with Crippen LogP contribution in [0.4, 0.5) is 0 Å². The SMILES string of the molecule is COCCn1c(SCC(=O)N(Cc2ccco2)C2=CCCCC2)nnc1-c1ccc(Cl)cc1. The first-order chi connectivity index (χ1) is 16.2. The Hall–Kier alpha value is -2.55. The lowest BCUT2D eigenvalue weighted by molar-refractivity contribution is -0.127. The minimum absolute atomic E-state index is 0.0267. The van der Waals surface area contributed by atoms with Gasteiger partial charge in [-0.05, 0) is 62.1 Å². The van der Waals surface area contributed by atoms with Crippen molar-refractivity contribution in [2.45, 2.75) is 43.9 Å². The number of ether oxygens (including phenoxy) is 1. The average Bonchev–Trinajstić information content (AvgIpc) is 3.50. The smallest absolute Gasteiger partial charge is 0.237 e. The minimum Gasteiger partial charge on any atom is -0.467 e. The van der Waals surface area contributed by atoms with E-state index in [1.165, 1.54) is 11.8 Å². The number of furan rings is 1. The number of halogens is 1. The van der Waals surface area contributed by atoms with Crippen LogP contribution in [0, 0.1) is 0 Å². The monoisotopic (exact) mass is 486 g/mol. The number of nitrogens with zero attached hydrogens (tertiary/aromatic N) is 4. The molecular formula is C24H27ClN4O3S. The van der Waals surface area contributed by atoms with Gasteiger partial charge in [0, 0.05) is 23.4 Å². The molecule has 0 N–H and O–H groups in total. The second-order valence-electron chi connectivity index (χ2n) is 7.75. The summed E-state index contributed by atoms with van der Waals surface area (Å²) >= 11 is 7.42. The molecule has 1 amide bonds. The number of amides is 1. The Morgan fingerprint density at radius 3 is 2.79 bits per heavy atom. The molecule has 0 spiro atoms. The predicted molar refractivity (Wildman–Crippen MR) is 129 cm³/mol. The van der Waals surface area contributed by atoms with Gasteiger partial charge in [-0.1, -0.05) is 29.4 Å². The van der Waals surface area contributed by atoms with E-state index in [4.69, 9.17) is 20.8 Å². The van der Waals surface area contributed by atoms with E-state index in [2.05, 4.69) is 16.3 Å². The zero-order valence-corrected chi connectivity index (χ0v) is 20.1. The van der Waals surface area contributed by atoms with Crippen LogP contribution in [-0.4, -0.2) is 45.0 Å². The van der Waals surface area contributed by atoms with E-state index in [0.717, 1.165) is 48.5 Å². The number of benzene rings is 1. The summed E-state index contributed by atoms with van der Waals surface area (Å²) in [4.78, 5) is 15.2. The maximum atomic E-state index is 13.3. The van der Waals surface area contributed by atoms with Crippen molar-refractivity contribution in [3.63, 3.8) is 0 Å². The molecule has 7 nitrogen and oxygen atoms in total. The second kappa shape index (κ2) is 11.5. The van der Waals surface area contributed by atoms with Gasteiger partial charge in [0.15, 0.2) is 11.0 Å². The number of methoxy groups -OCH3 is 1. The maximum absolute atomic E-state index is 13.3. The number of rotatable bonds is 10. The molecule has 0 atom stereocenters. The van der Waals surface area contributed by atoms with E-state index < -0.39 is 0 Å².